The summed E-state index contributed by atoms with van der Waals surface area (Å²) in [5.41, 5.74) is 0. The Hall–Kier alpha value is 0.140. The van der Waals surface area contributed by atoms with E-state index in [1.165, 1.54) is 0 Å². The largest absolute Gasteiger partial charge is 0.396 e. The van der Waals surface area contributed by atoms with Gasteiger partial charge in [-0.25, -0.2) is 0 Å². The lowest BCUT2D eigenvalue weighted by Crippen LogP contribution is -2.17. The first kappa shape index (κ1) is 12.1. The summed E-state index contributed by atoms with van der Waals surface area (Å²) in [4.78, 5) is 0. The van der Waals surface area contributed by atoms with E-state index in [1.54, 1.807) is 0 Å². The van der Waals surface area contributed by atoms with Gasteiger partial charge in [0.15, 0.2) is 0 Å². The first-order valence-electron chi connectivity index (χ1n) is 4.31. The van der Waals surface area contributed by atoms with Crippen LogP contribution >= 0.6 is 15.9 Å². The predicted octanol–water partition coefficient (Wildman–Crippen LogP) is 1.89. The molecule has 12 heavy (non-hydrogen) atoms. The second kappa shape index (κ2) is 7.77. The molecule has 0 radical (unpaired) electrons. The molecule has 0 aliphatic heterocycles. The summed E-state index contributed by atoms with van der Waals surface area (Å²) in [7, 11) is 0. The summed E-state index contributed by atoms with van der Waals surface area (Å²) in [6, 6.07) is 0. The second-order valence-electron chi connectivity index (χ2n) is 3.12. The minimum absolute atomic E-state index is 0.297. The van der Waals surface area contributed by atoms with Crippen molar-refractivity contribution in [1.82, 2.24) is 5.32 Å². The number of aliphatic hydroxyl groups excluding tert-OH is 1. The number of hydrogen-bond donors (Lipinski definition) is 2. The molecule has 0 fully saturated rings. The number of aliphatic hydroxyl groups is 1. The highest BCUT2D eigenvalue weighted by Crippen LogP contribution is 2.03. The van der Waals surface area contributed by atoms with Crippen molar-refractivity contribution in [2.24, 2.45) is 5.92 Å². The molecular weight excluding hydrogens is 218 g/mol. The van der Waals surface area contributed by atoms with Gasteiger partial charge in [-0.05, 0) is 25.3 Å². The lowest BCUT2D eigenvalue weighted by Gasteiger charge is -2.07. The van der Waals surface area contributed by atoms with Gasteiger partial charge in [-0.2, -0.15) is 0 Å². The van der Waals surface area contributed by atoms with E-state index in [-0.39, 0.29) is 0 Å². The van der Waals surface area contributed by atoms with Crippen molar-refractivity contribution in [3.63, 3.8) is 0 Å². The van der Waals surface area contributed by atoms with Gasteiger partial charge in [0.1, 0.15) is 0 Å². The molecule has 0 heterocycles. The lowest BCUT2D eigenvalue weighted by atomic mass is 10.1. The molecule has 72 valence electrons. The average Bonchev–Trinajstić information content (AvgIpc) is 2.03. The Morgan fingerprint density at radius 3 is 2.83 bits per heavy atom. The van der Waals surface area contributed by atoms with E-state index in [4.69, 9.17) is 5.11 Å². The van der Waals surface area contributed by atoms with Crippen molar-refractivity contribution in [1.29, 1.82) is 0 Å². The Morgan fingerprint density at radius 2 is 2.33 bits per heavy atom. The summed E-state index contributed by atoms with van der Waals surface area (Å²) in [5, 5.41) is 12.0. The Kier molecular flexibility index (Phi) is 7.86. The van der Waals surface area contributed by atoms with Gasteiger partial charge in [0.25, 0.3) is 0 Å². The van der Waals surface area contributed by atoms with Crippen molar-refractivity contribution in [2.75, 3.05) is 19.7 Å². The highest BCUT2D eigenvalue weighted by molar-refractivity contribution is 9.11. The Morgan fingerprint density at radius 1 is 1.67 bits per heavy atom. The fourth-order valence-corrected chi connectivity index (χ4v) is 1.09. The molecule has 2 N–H and O–H groups in total. The van der Waals surface area contributed by atoms with Crippen molar-refractivity contribution in [2.45, 2.75) is 19.8 Å². The number of halogens is 1. The van der Waals surface area contributed by atoms with Crippen molar-refractivity contribution >= 4 is 15.9 Å². The molecule has 0 aromatic heterocycles. The monoisotopic (exact) mass is 235 g/mol. The highest BCUT2D eigenvalue weighted by Gasteiger charge is 1.98. The van der Waals surface area contributed by atoms with E-state index in [1.807, 2.05) is 0 Å². The van der Waals surface area contributed by atoms with Crippen molar-refractivity contribution < 1.29 is 5.11 Å². The Balaban J connectivity index is 3.05. The summed E-state index contributed by atoms with van der Waals surface area (Å²) < 4.78 is 0.984. The third-order valence-electron chi connectivity index (χ3n) is 1.68. The van der Waals surface area contributed by atoms with Crippen LogP contribution in [0.2, 0.25) is 0 Å². The quantitative estimate of drug-likeness (QED) is 0.661. The molecule has 0 saturated heterocycles. The molecule has 0 aromatic rings. The molecular formula is C9H18BrNO. The molecule has 0 rings (SSSR count). The van der Waals surface area contributed by atoms with E-state index in [2.05, 4.69) is 34.7 Å². The summed E-state index contributed by atoms with van der Waals surface area (Å²) >= 11 is 3.27. The van der Waals surface area contributed by atoms with Crippen LogP contribution < -0.4 is 5.32 Å². The molecule has 1 unspecified atom stereocenters. The molecule has 1 atom stereocenters. The van der Waals surface area contributed by atoms with Gasteiger partial charge in [0, 0.05) is 17.6 Å². The third kappa shape index (κ3) is 8.24. The molecule has 0 aromatic carbocycles. The smallest absolute Gasteiger partial charge is 0.0456 e. The molecule has 0 aliphatic rings. The first-order chi connectivity index (χ1) is 5.66. The van der Waals surface area contributed by atoms with Crippen LogP contribution in [-0.2, 0) is 0 Å². The van der Waals surface area contributed by atoms with E-state index in [9.17, 15) is 0 Å². The third-order valence-corrected chi connectivity index (χ3v) is 1.96. The maximum absolute atomic E-state index is 8.74. The standard InChI is InChI=1S/C9H18BrNO/c1-8(7-12)4-3-5-11-6-9(2)10/h8,11-12H,2-7H2,1H3. The maximum Gasteiger partial charge on any atom is 0.0456 e. The minimum atomic E-state index is 0.297. The van der Waals surface area contributed by atoms with Crippen LogP contribution in [0.3, 0.4) is 0 Å². The van der Waals surface area contributed by atoms with Crippen LogP contribution in [0.4, 0.5) is 0 Å². The highest BCUT2D eigenvalue weighted by atomic mass is 79.9. The summed E-state index contributed by atoms with van der Waals surface area (Å²) in [6.07, 6.45) is 2.19. The fraction of sp³-hybridized carbons (Fsp3) is 0.778. The first-order valence-corrected chi connectivity index (χ1v) is 5.11. The number of nitrogens with one attached hydrogen (secondary N) is 1. The lowest BCUT2D eigenvalue weighted by molar-refractivity contribution is 0.228. The van der Waals surface area contributed by atoms with Crippen LogP contribution in [0.1, 0.15) is 19.8 Å². The second-order valence-corrected chi connectivity index (χ2v) is 4.25. The zero-order chi connectivity index (χ0) is 9.40. The Labute approximate surface area is 83.2 Å². The van der Waals surface area contributed by atoms with Crippen LogP contribution in [0, 0.1) is 5.92 Å². The zero-order valence-electron chi connectivity index (χ0n) is 7.65. The van der Waals surface area contributed by atoms with Gasteiger partial charge in [0.2, 0.25) is 0 Å². The van der Waals surface area contributed by atoms with E-state index in [0.29, 0.717) is 12.5 Å². The molecule has 0 spiro atoms. The molecule has 2 nitrogen and oxygen atoms in total. The Bertz CT molecular complexity index is 128. The number of hydrogen-bond acceptors (Lipinski definition) is 2. The van der Waals surface area contributed by atoms with Gasteiger partial charge >= 0.3 is 0 Å². The average molecular weight is 236 g/mol. The van der Waals surface area contributed by atoms with Crippen molar-refractivity contribution in [3.05, 3.63) is 11.1 Å². The fourth-order valence-electron chi connectivity index (χ4n) is 0.891. The van der Waals surface area contributed by atoms with Gasteiger partial charge in [-0.3, -0.25) is 0 Å². The van der Waals surface area contributed by atoms with Gasteiger partial charge in [0.05, 0.1) is 0 Å². The molecule has 0 saturated carbocycles. The van der Waals surface area contributed by atoms with Gasteiger partial charge in [-0.1, -0.05) is 29.4 Å². The summed E-state index contributed by atoms with van der Waals surface area (Å²) in [5.74, 6) is 0.430. The zero-order valence-corrected chi connectivity index (χ0v) is 9.23. The summed E-state index contributed by atoms with van der Waals surface area (Å²) in [6.45, 7) is 7.90. The van der Waals surface area contributed by atoms with Crippen LogP contribution in [-0.4, -0.2) is 24.8 Å². The topological polar surface area (TPSA) is 32.3 Å². The molecule has 3 heteroatoms. The molecule has 0 bridgehead atoms. The van der Waals surface area contributed by atoms with E-state index < -0.39 is 0 Å². The van der Waals surface area contributed by atoms with Crippen LogP contribution in [0.15, 0.2) is 11.1 Å². The maximum atomic E-state index is 8.74. The molecule has 0 amide bonds. The van der Waals surface area contributed by atoms with Gasteiger partial charge in [-0.15, -0.1) is 0 Å². The molecule has 0 aliphatic carbocycles. The van der Waals surface area contributed by atoms with Crippen LogP contribution in [0.25, 0.3) is 0 Å². The SMILES string of the molecule is C=C(Br)CNCCCC(C)CO. The van der Waals surface area contributed by atoms with E-state index in [0.717, 1.165) is 30.4 Å². The van der Waals surface area contributed by atoms with Crippen molar-refractivity contribution in [3.8, 4) is 0 Å². The number of rotatable bonds is 7. The minimum Gasteiger partial charge on any atom is -0.396 e. The van der Waals surface area contributed by atoms with Crippen LogP contribution in [0.5, 0.6) is 0 Å². The van der Waals surface area contributed by atoms with E-state index >= 15 is 0 Å². The predicted molar refractivity (Wildman–Crippen MR) is 56.4 cm³/mol. The normalized spacial score (nSPS) is 12.9. The van der Waals surface area contributed by atoms with Gasteiger partial charge < -0.3 is 10.4 Å².